The Morgan fingerprint density at radius 1 is 1.06 bits per heavy atom. The first-order chi connectivity index (χ1) is 15.4. The number of hydrogen-bond donors (Lipinski definition) is 2. The number of carbonyl (C=O) groups is 1. The summed E-state index contributed by atoms with van der Waals surface area (Å²) in [5.41, 5.74) is 6.94. The van der Waals surface area contributed by atoms with Crippen molar-refractivity contribution in [2.45, 2.75) is 20.3 Å². The molecule has 32 heavy (non-hydrogen) atoms. The first kappa shape index (κ1) is 21.4. The van der Waals surface area contributed by atoms with E-state index in [2.05, 4.69) is 4.98 Å². The molecule has 162 valence electrons. The van der Waals surface area contributed by atoms with Gasteiger partial charge >= 0.3 is 0 Å². The maximum absolute atomic E-state index is 13.9. The minimum absolute atomic E-state index is 0.0716. The molecule has 0 saturated carbocycles. The summed E-state index contributed by atoms with van der Waals surface area (Å²) < 4.78 is 32.7. The van der Waals surface area contributed by atoms with Gasteiger partial charge in [0, 0.05) is 11.8 Å². The van der Waals surface area contributed by atoms with Gasteiger partial charge in [-0.15, -0.1) is 0 Å². The van der Waals surface area contributed by atoms with Gasteiger partial charge in [-0.3, -0.25) is 10.0 Å². The van der Waals surface area contributed by atoms with Crippen LogP contribution in [0.15, 0.2) is 60.3 Å². The normalized spacial score (nSPS) is 14.0. The molecule has 1 heterocycles. The number of hydroxylamine groups is 1. The van der Waals surface area contributed by atoms with Gasteiger partial charge in [-0.25, -0.2) is 19.2 Å². The van der Waals surface area contributed by atoms with E-state index in [-0.39, 0.29) is 12.2 Å². The van der Waals surface area contributed by atoms with Crippen molar-refractivity contribution < 1.29 is 23.5 Å². The van der Waals surface area contributed by atoms with E-state index in [1.54, 1.807) is 17.7 Å². The Kier molecular flexibility index (Phi) is 5.83. The molecule has 7 heteroatoms. The van der Waals surface area contributed by atoms with Crippen molar-refractivity contribution in [3.05, 3.63) is 94.2 Å². The molecule has 3 aromatic rings. The molecule has 1 aliphatic rings. The summed E-state index contributed by atoms with van der Waals surface area (Å²) in [6.07, 6.45) is 3.49. The highest BCUT2D eigenvalue weighted by Crippen LogP contribution is 2.44. The highest BCUT2D eigenvalue weighted by Gasteiger charge is 2.25. The molecule has 0 saturated heterocycles. The molecule has 4 rings (SSSR count). The van der Waals surface area contributed by atoms with Gasteiger partial charge in [0.15, 0.2) is 0 Å². The molecule has 5 nitrogen and oxygen atoms in total. The molecule has 1 aliphatic carbocycles. The van der Waals surface area contributed by atoms with Gasteiger partial charge in [0.05, 0.1) is 6.42 Å². The molecule has 2 N–H and O–H groups in total. The van der Waals surface area contributed by atoms with Crippen LogP contribution in [0.1, 0.15) is 35.6 Å². The molecule has 1 amide bonds. The average molecular weight is 434 g/mol. The molecule has 0 unspecified atom stereocenters. The number of ether oxygens (including phenoxy) is 1. The molecule has 0 atom stereocenters. The second-order valence-electron chi connectivity index (χ2n) is 7.51. The Balaban J connectivity index is 1.69. The summed E-state index contributed by atoms with van der Waals surface area (Å²) in [5, 5.41) is 8.91. The van der Waals surface area contributed by atoms with E-state index in [1.807, 2.05) is 26.0 Å². The summed E-state index contributed by atoms with van der Waals surface area (Å²) >= 11 is 0. The summed E-state index contributed by atoms with van der Waals surface area (Å²) in [6.45, 7) is 3.71. The van der Waals surface area contributed by atoms with Gasteiger partial charge in [0.25, 0.3) is 0 Å². The Hall–Kier alpha value is -3.84. The van der Waals surface area contributed by atoms with Crippen molar-refractivity contribution in [2.75, 3.05) is 0 Å². The Morgan fingerprint density at radius 2 is 1.78 bits per heavy atom. The van der Waals surface area contributed by atoms with Gasteiger partial charge in [-0.2, -0.15) is 0 Å². The van der Waals surface area contributed by atoms with Crippen LogP contribution >= 0.6 is 0 Å². The van der Waals surface area contributed by atoms with Crippen molar-refractivity contribution >= 4 is 23.1 Å². The first-order valence-electron chi connectivity index (χ1n) is 9.91. The van der Waals surface area contributed by atoms with Crippen molar-refractivity contribution in [3.8, 4) is 11.6 Å². The summed E-state index contributed by atoms with van der Waals surface area (Å²) in [4.78, 5) is 16.2. The van der Waals surface area contributed by atoms with Crippen molar-refractivity contribution in [3.63, 3.8) is 0 Å². The SMILES string of the molecule is CC1=C(CC(=O)NO)c2cc(F)ccc2/C1=C\c1cnc(Oc2ccc(F)cc2)c(C)c1. The minimum Gasteiger partial charge on any atom is -0.439 e. The van der Waals surface area contributed by atoms with E-state index < -0.39 is 11.7 Å². The van der Waals surface area contributed by atoms with E-state index >= 15 is 0 Å². The zero-order chi connectivity index (χ0) is 22.8. The van der Waals surface area contributed by atoms with Crippen LogP contribution < -0.4 is 10.2 Å². The lowest BCUT2D eigenvalue weighted by Crippen LogP contribution is -2.18. The third kappa shape index (κ3) is 4.29. The van der Waals surface area contributed by atoms with Crippen LogP contribution in [-0.4, -0.2) is 16.1 Å². The number of nitrogens with one attached hydrogen (secondary N) is 1. The largest absolute Gasteiger partial charge is 0.439 e. The number of amides is 1. The number of allylic oxidation sites excluding steroid dienone is 2. The molecule has 0 bridgehead atoms. The lowest BCUT2D eigenvalue weighted by molar-refractivity contribution is -0.128. The van der Waals surface area contributed by atoms with Crippen molar-refractivity contribution in [2.24, 2.45) is 0 Å². The van der Waals surface area contributed by atoms with E-state index in [0.29, 0.717) is 22.8 Å². The summed E-state index contributed by atoms with van der Waals surface area (Å²) in [7, 11) is 0. The zero-order valence-corrected chi connectivity index (χ0v) is 17.4. The maximum Gasteiger partial charge on any atom is 0.247 e. The molecule has 0 fully saturated rings. The van der Waals surface area contributed by atoms with Crippen LogP contribution in [0.3, 0.4) is 0 Å². The number of aryl methyl sites for hydroxylation is 1. The van der Waals surface area contributed by atoms with Crippen molar-refractivity contribution in [1.29, 1.82) is 0 Å². The number of carbonyl (C=O) groups excluding carboxylic acids is 1. The third-order valence-electron chi connectivity index (χ3n) is 5.31. The summed E-state index contributed by atoms with van der Waals surface area (Å²) in [6, 6.07) is 12.0. The Morgan fingerprint density at radius 3 is 2.47 bits per heavy atom. The molecule has 1 aromatic heterocycles. The highest BCUT2D eigenvalue weighted by atomic mass is 19.1. The maximum atomic E-state index is 13.9. The molecule has 0 aliphatic heterocycles. The Bertz CT molecular complexity index is 1260. The van der Waals surface area contributed by atoms with E-state index in [4.69, 9.17) is 9.94 Å². The lowest BCUT2D eigenvalue weighted by atomic mass is 10.0. The first-order valence-corrected chi connectivity index (χ1v) is 9.91. The lowest BCUT2D eigenvalue weighted by Gasteiger charge is -2.09. The smallest absolute Gasteiger partial charge is 0.247 e. The quantitative estimate of drug-likeness (QED) is 0.400. The number of pyridine rings is 1. The predicted molar refractivity (Wildman–Crippen MR) is 117 cm³/mol. The van der Waals surface area contributed by atoms with Gasteiger partial charge < -0.3 is 4.74 Å². The van der Waals surface area contributed by atoms with Crippen LogP contribution in [0, 0.1) is 18.6 Å². The number of hydrogen-bond acceptors (Lipinski definition) is 4. The van der Waals surface area contributed by atoms with Crippen LogP contribution in [0.5, 0.6) is 11.6 Å². The van der Waals surface area contributed by atoms with Crippen LogP contribution in [0.2, 0.25) is 0 Å². The minimum atomic E-state index is -0.574. The molecular weight excluding hydrogens is 414 g/mol. The topological polar surface area (TPSA) is 71.5 Å². The number of fused-ring (bicyclic) bond motifs is 1. The van der Waals surface area contributed by atoms with Gasteiger partial charge in [0.1, 0.15) is 17.4 Å². The standard InChI is InChI=1S/C25H20F2N2O3/c1-14-9-16(13-28-25(14)32-19-6-3-17(26)4-7-19)10-21-15(2)22(12-24(30)29-31)23-11-18(27)5-8-20(21)23/h3-11,13,31H,12H2,1-2H3,(H,29,30)/b21-10-. The number of benzene rings is 2. The van der Waals surface area contributed by atoms with E-state index in [9.17, 15) is 13.6 Å². The third-order valence-corrected chi connectivity index (χ3v) is 5.31. The molecule has 0 radical (unpaired) electrons. The number of aromatic nitrogens is 1. The number of rotatable bonds is 5. The predicted octanol–water partition coefficient (Wildman–Crippen LogP) is 5.68. The molecular formula is C25H20F2N2O3. The average Bonchev–Trinajstić information content (AvgIpc) is 3.02. The molecule has 2 aromatic carbocycles. The van der Waals surface area contributed by atoms with E-state index in [0.717, 1.165) is 27.8 Å². The van der Waals surface area contributed by atoms with Crippen LogP contribution in [0.25, 0.3) is 17.2 Å². The second-order valence-corrected chi connectivity index (χ2v) is 7.51. The molecule has 0 spiro atoms. The Labute approximate surface area is 183 Å². The fourth-order valence-corrected chi connectivity index (χ4v) is 3.73. The fraction of sp³-hybridized carbons (Fsp3) is 0.120. The number of nitrogens with zero attached hydrogens (tertiary/aromatic N) is 1. The van der Waals surface area contributed by atoms with E-state index in [1.165, 1.54) is 36.4 Å². The van der Waals surface area contributed by atoms with Crippen molar-refractivity contribution in [1.82, 2.24) is 10.5 Å². The van der Waals surface area contributed by atoms with Gasteiger partial charge in [-0.05, 0) is 95.8 Å². The van der Waals surface area contributed by atoms with Crippen LogP contribution in [-0.2, 0) is 4.79 Å². The summed E-state index contributed by atoms with van der Waals surface area (Å²) in [5.74, 6) is -0.444. The van der Waals surface area contributed by atoms with Crippen LogP contribution in [0.4, 0.5) is 8.78 Å². The monoisotopic (exact) mass is 434 g/mol. The van der Waals surface area contributed by atoms with Gasteiger partial charge in [-0.1, -0.05) is 6.07 Å². The highest BCUT2D eigenvalue weighted by molar-refractivity contribution is 6.08. The second kappa shape index (κ2) is 8.72. The zero-order valence-electron chi connectivity index (χ0n) is 17.4. The van der Waals surface area contributed by atoms with Gasteiger partial charge in [0.2, 0.25) is 11.8 Å². The number of halogens is 2. The fourth-order valence-electron chi connectivity index (χ4n) is 3.73.